The highest BCUT2D eigenvalue weighted by atomic mass is 19.1. The summed E-state index contributed by atoms with van der Waals surface area (Å²) in [7, 11) is 1.57. The van der Waals surface area contributed by atoms with Crippen LogP contribution in [-0.4, -0.2) is 18.4 Å². The predicted octanol–water partition coefficient (Wildman–Crippen LogP) is 4.10. The average Bonchev–Trinajstić information content (AvgIpc) is 2.87. The van der Waals surface area contributed by atoms with Gasteiger partial charge in [0, 0.05) is 16.5 Å². The van der Waals surface area contributed by atoms with Crippen molar-refractivity contribution in [3.8, 4) is 17.0 Å². The molecule has 0 atom stereocenters. The molecule has 1 N–H and O–H groups in total. The summed E-state index contributed by atoms with van der Waals surface area (Å²) in [4.78, 5) is 14.5. The Morgan fingerprint density at radius 3 is 2.76 bits per heavy atom. The third-order valence-electron chi connectivity index (χ3n) is 3.57. The first-order valence-corrected chi connectivity index (χ1v) is 6.56. The molecular weight excluding hydrogens is 269 g/mol. The molecule has 0 spiro atoms. The second kappa shape index (κ2) is 5.05. The number of nitrogens with one attached hydrogen (secondary N) is 1. The molecule has 0 radical (unpaired) electrons. The second-order valence-corrected chi connectivity index (χ2v) is 4.90. The van der Waals surface area contributed by atoms with Crippen molar-refractivity contribution >= 4 is 17.2 Å². The van der Waals surface area contributed by atoms with E-state index in [0.717, 1.165) is 17.4 Å². The number of benzene rings is 2. The fraction of sp³-hybridized carbons (Fsp3) is 0.118. The number of methoxy groups -OCH3 is 1. The minimum absolute atomic E-state index is 0.332. The van der Waals surface area contributed by atoms with Gasteiger partial charge in [-0.15, -0.1) is 0 Å². The lowest BCUT2D eigenvalue weighted by atomic mass is 10.0. The number of halogens is 1. The van der Waals surface area contributed by atoms with Crippen molar-refractivity contribution < 1.29 is 13.9 Å². The van der Waals surface area contributed by atoms with Crippen LogP contribution >= 0.6 is 0 Å². The van der Waals surface area contributed by atoms with Crippen LogP contribution in [0.4, 0.5) is 4.39 Å². The van der Waals surface area contributed by atoms with Gasteiger partial charge in [0.1, 0.15) is 11.6 Å². The lowest BCUT2D eigenvalue weighted by molar-refractivity contribution is 0.112. The lowest BCUT2D eigenvalue weighted by Gasteiger charge is -2.08. The Morgan fingerprint density at radius 2 is 2.05 bits per heavy atom. The molecule has 1 aromatic heterocycles. The SMILES string of the molecule is COc1ccc(C)cc1-c1[nH]c2c(F)cccc2c1C=O. The van der Waals surface area contributed by atoms with Gasteiger partial charge in [-0.05, 0) is 25.1 Å². The van der Waals surface area contributed by atoms with Gasteiger partial charge in [-0.25, -0.2) is 4.39 Å². The maximum absolute atomic E-state index is 13.9. The van der Waals surface area contributed by atoms with Crippen LogP contribution in [0, 0.1) is 12.7 Å². The first-order chi connectivity index (χ1) is 10.2. The predicted molar refractivity (Wildman–Crippen MR) is 80.4 cm³/mol. The largest absolute Gasteiger partial charge is 0.496 e. The first kappa shape index (κ1) is 13.4. The molecule has 4 heteroatoms. The van der Waals surface area contributed by atoms with Gasteiger partial charge in [0.05, 0.1) is 18.3 Å². The number of carbonyl (C=O) groups is 1. The molecule has 21 heavy (non-hydrogen) atoms. The van der Waals surface area contributed by atoms with Gasteiger partial charge in [0.2, 0.25) is 0 Å². The summed E-state index contributed by atoms with van der Waals surface area (Å²) >= 11 is 0. The van der Waals surface area contributed by atoms with Crippen LogP contribution in [0.1, 0.15) is 15.9 Å². The number of carbonyl (C=O) groups excluding carboxylic acids is 1. The number of ether oxygens (including phenoxy) is 1. The van der Waals surface area contributed by atoms with Crippen molar-refractivity contribution in [2.24, 2.45) is 0 Å². The summed E-state index contributed by atoms with van der Waals surface area (Å²) < 4.78 is 19.3. The molecule has 3 rings (SSSR count). The number of aldehydes is 1. The molecule has 0 saturated carbocycles. The van der Waals surface area contributed by atoms with Crippen LogP contribution in [0.15, 0.2) is 36.4 Å². The number of aromatic amines is 1. The van der Waals surface area contributed by atoms with Crippen molar-refractivity contribution in [2.75, 3.05) is 7.11 Å². The molecule has 0 saturated heterocycles. The van der Waals surface area contributed by atoms with E-state index in [1.165, 1.54) is 6.07 Å². The first-order valence-electron chi connectivity index (χ1n) is 6.56. The molecule has 0 aliphatic rings. The van der Waals surface area contributed by atoms with Gasteiger partial charge >= 0.3 is 0 Å². The highest BCUT2D eigenvalue weighted by molar-refractivity contribution is 6.05. The molecule has 3 aromatic rings. The highest BCUT2D eigenvalue weighted by Crippen LogP contribution is 2.36. The van der Waals surface area contributed by atoms with Gasteiger partial charge < -0.3 is 9.72 Å². The van der Waals surface area contributed by atoms with E-state index < -0.39 is 0 Å². The minimum atomic E-state index is -0.381. The minimum Gasteiger partial charge on any atom is -0.496 e. The number of hydrogen-bond donors (Lipinski definition) is 1. The van der Waals surface area contributed by atoms with E-state index in [0.29, 0.717) is 27.9 Å². The quantitative estimate of drug-likeness (QED) is 0.735. The van der Waals surface area contributed by atoms with Crippen LogP contribution in [0.2, 0.25) is 0 Å². The van der Waals surface area contributed by atoms with E-state index >= 15 is 0 Å². The summed E-state index contributed by atoms with van der Waals surface area (Å²) in [6.07, 6.45) is 0.745. The van der Waals surface area contributed by atoms with Crippen LogP contribution in [0.3, 0.4) is 0 Å². The van der Waals surface area contributed by atoms with Crippen molar-refractivity contribution in [1.82, 2.24) is 4.98 Å². The summed E-state index contributed by atoms with van der Waals surface area (Å²) in [5.41, 5.74) is 3.12. The van der Waals surface area contributed by atoms with E-state index in [4.69, 9.17) is 4.74 Å². The van der Waals surface area contributed by atoms with Crippen molar-refractivity contribution in [3.63, 3.8) is 0 Å². The molecule has 3 nitrogen and oxygen atoms in total. The molecule has 106 valence electrons. The fourth-order valence-electron chi connectivity index (χ4n) is 2.55. The highest BCUT2D eigenvalue weighted by Gasteiger charge is 2.17. The third-order valence-corrected chi connectivity index (χ3v) is 3.57. The smallest absolute Gasteiger partial charge is 0.152 e. The Kier molecular flexibility index (Phi) is 3.22. The molecule has 0 fully saturated rings. The van der Waals surface area contributed by atoms with Gasteiger partial charge in [-0.3, -0.25) is 4.79 Å². The normalized spacial score (nSPS) is 10.8. The molecule has 1 heterocycles. The number of aryl methyl sites for hydroxylation is 1. The van der Waals surface area contributed by atoms with Crippen molar-refractivity contribution in [3.05, 3.63) is 53.3 Å². The summed E-state index contributed by atoms with van der Waals surface area (Å²) in [5.74, 6) is 0.254. The van der Waals surface area contributed by atoms with E-state index in [1.807, 2.05) is 25.1 Å². The van der Waals surface area contributed by atoms with E-state index in [2.05, 4.69) is 4.98 Å². The van der Waals surface area contributed by atoms with Crippen molar-refractivity contribution in [1.29, 1.82) is 0 Å². The van der Waals surface area contributed by atoms with Crippen LogP contribution < -0.4 is 4.74 Å². The van der Waals surface area contributed by atoms with Gasteiger partial charge in [-0.1, -0.05) is 23.8 Å². The number of hydrogen-bond acceptors (Lipinski definition) is 2. The number of para-hydroxylation sites is 1. The molecule has 0 bridgehead atoms. The van der Waals surface area contributed by atoms with Crippen molar-refractivity contribution in [2.45, 2.75) is 6.92 Å². The molecule has 0 unspecified atom stereocenters. The zero-order valence-corrected chi connectivity index (χ0v) is 11.7. The van der Waals surface area contributed by atoms with Crippen LogP contribution in [-0.2, 0) is 0 Å². The maximum Gasteiger partial charge on any atom is 0.152 e. The van der Waals surface area contributed by atoms with Crippen LogP contribution in [0.25, 0.3) is 22.2 Å². The van der Waals surface area contributed by atoms with Gasteiger partial charge in [0.15, 0.2) is 6.29 Å². The van der Waals surface area contributed by atoms with Crippen LogP contribution in [0.5, 0.6) is 5.75 Å². The zero-order chi connectivity index (χ0) is 15.0. The Bertz CT molecular complexity index is 836. The number of fused-ring (bicyclic) bond motifs is 1. The third kappa shape index (κ3) is 2.09. The lowest BCUT2D eigenvalue weighted by Crippen LogP contribution is -1.91. The molecule has 0 aliphatic carbocycles. The number of rotatable bonds is 3. The molecule has 0 amide bonds. The molecular formula is C17H14FNO2. The summed E-state index contributed by atoms with van der Waals surface area (Å²) in [6, 6.07) is 10.4. The number of aromatic nitrogens is 1. The van der Waals surface area contributed by atoms with E-state index in [9.17, 15) is 9.18 Å². The topological polar surface area (TPSA) is 42.1 Å². The fourth-order valence-corrected chi connectivity index (χ4v) is 2.55. The Hall–Kier alpha value is -2.62. The zero-order valence-electron chi connectivity index (χ0n) is 11.7. The Morgan fingerprint density at radius 1 is 1.24 bits per heavy atom. The van der Waals surface area contributed by atoms with E-state index in [1.54, 1.807) is 19.2 Å². The molecule has 0 aliphatic heterocycles. The van der Waals surface area contributed by atoms with Gasteiger partial charge in [-0.2, -0.15) is 0 Å². The van der Waals surface area contributed by atoms with E-state index in [-0.39, 0.29) is 5.82 Å². The summed E-state index contributed by atoms with van der Waals surface area (Å²) in [6.45, 7) is 1.95. The number of H-pyrrole nitrogens is 1. The Labute approximate surface area is 121 Å². The maximum atomic E-state index is 13.9. The standard InChI is InChI=1S/C17H14FNO2/c1-10-6-7-15(21-2)12(8-10)16-13(9-20)11-4-3-5-14(18)17(11)19-16/h3-9,19H,1-2H3. The Balaban J connectivity index is 2.37. The summed E-state index contributed by atoms with van der Waals surface area (Å²) in [5, 5.41) is 0.573. The monoisotopic (exact) mass is 283 g/mol. The van der Waals surface area contributed by atoms with Gasteiger partial charge in [0.25, 0.3) is 0 Å². The average molecular weight is 283 g/mol. The molecule has 2 aromatic carbocycles. The second-order valence-electron chi connectivity index (χ2n) is 4.90.